The maximum absolute atomic E-state index is 8.63. The van der Waals surface area contributed by atoms with Crippen molar-refractivity contribution in [3.63, 3.8) is 0 Å². The van der Waals surface area contributed by atoms with Crippen molar-refractivity contribution in [2.75, 3.05) is 25.6 Å². The highest BCUT2D eigenvalue weighted by molar-refractivity contribution is 5.76. The molecule has 0 aliphatic rings. The van der Waals surface area contributed by atoms with E-state index >= 15 is 0 Å². The van der Waals surface area contributed by atoms with Crippen molar-refractivity contribution in [3.8, 4) is 5.75 Å². The maximum atomic E-state index is 8.63. The van der Waals surface area contributed by atoms with E-state index in [2.05, 4.69) is 10.3 Å². The van der Waals surface area contributed by atoms with E-state index in [4.69, 9.17) is 14.3 Å². The molecule has 0 atom stereocenters. The fourth-order valence-electron chi connectivity index (χ4n) is 1.27. The Kier molecular flexibility index (Phi) is 2.73. The van der Waals surface area contributed by atoms with Crippen molar-refractivity contribution in [2.24, 2.45) is 0 Å². The van der Waals surface area contributed by atoms with Gasteiger partial charge in [-0.25, -0.2) is 0 Å². The Bertz CT molecular complexity index is 453. The van der Waals surface area contributed by atoms with Gasteiger partial charge in [0.05, 0.1) is 13.7 Å². The molecule has 0 bridgehead atoms. The van der Waals surface area contributed by atoms with Crippen LogP contribution < -0.4 is 10.1 Å². The van der Waals surface area contributed by atoms with Crippen LogP contribution in [0.25, 0.3) is 11.1 Å². The number of methoxy groups -OCH3 is 1. The molecule has 0 saturated heterocycles. The molecule has 2 rings (SSSR count). The number of aromatic nitrogens is 1. The third-order valence-corrected chi connectivity index (χ3v) is 1.98. The number of nitrogens with zero attached hydrogens (tertiary/aromatic N) is 1. The van der Waals surface area contributed by atoms with Crippen LogP contribution in [-0.2, 0) is 0 Å². The summed E-state index contributed by atoms with van der Waals surface area (Å²) in [7, 11) is 1.60. The summed E-state index contributed by atoms with van der Waals surface area (Å²) in [4.78, 5) is 4.18. The van der Waals surface area contributed by atoms with Gasteiger partial charge in [0.2, 0.25) is 0 Å². The first-order valence-corrected chi connectivity index (χ1v) is 4.63. The molecule has 1 aromatic carbocycles. The van der Waals surface area contributed by atoms with Crippen LogP contribution in [-0.4, -0.2) is 30.4 Å². The summed E-state index contributed by atoms with van der Waals surface area (Å²) in [6.07, 6.45) is 0. The first kappa shape index (κ1) is 9.79. The molecule has 0 spiro atoms. The molecule has 0 unspecified atom stereocenters. The van der Waals surface area contributed by atoms with Crippen molar-refractivity contribution in [1.82, 2.24) is 4.98 Å². The second kappa shape index (κ2) is 4.18. The molecule has 0 saturated carbocycles. The predicted molar refractivity (Wildman–Crippen MR) is 56.1 cm³/mol. The van der Waals surface area contributed by atoms with E-state index < -0.39 is 0 Å². The lowest BCUT2D eigenvalue weighted by Crippen LogP contribution is -2.05. The highest BCUT2D eigenvalue weighted by Crippen LogP contribution is 2.23. The molecule has 0 amide bonds. The van der Waals surface area contributed by atoms with Crippen LogP contribution in [0.3, 0.4) is 0 Å². The first-order valence-electron chi connectivity index (χ1n) is 4.63. The van der Waals surface area contributed by atoms with Gasteiger partial charge in [-0.3, -0.25) is 0 Å². The van der Waals surface area contributed by atoms with E-state index in [1.165, 1.54) is 0 Å². The minimum Gasteiger partial charge on any atom is -0.497 e. The van der Waals surface area contributed by atoms with Crippen LogP contribution in [0.15, 0.2) is 22.6 Å². The lowest BCUT2D eigenvalue weighted by atomic mass is 10.3. The van der Waals surface area contributed by atoms with E-state index in [0.717, 1.165) is 11.3 Å². The summed E-state index contributed by atoms with van der Waals surface area (Å²) in [5, 5.41) is 11.5. The molecule has 80 valence electrons. The van der Waals surface area contributed by atoms with Crippen LogP contribution in [0.2, 0.25) is 0 Å². The molecule has 5 heteroatoms. The molecule has 0 fully saturated rings. The zero-order chi connectivity index (χ0) is 10.7. The standard InChI is InChI=1S/C10H12N2O3/c1-14-7-2-3-8-9(6-7)15-10(12-8)11-4-5-13/h2-3,6,13H,4-5H2,1H3,(H,11,12). The molecular weight excluding hydrogens is 196 g/mol. The van der Waals surface area contributed by atoms with Gasteiger partial charge in [-0.05, 0) is 12.1 Å². The van der Waals surface area contributed by atoms with Gasteiger partial charge in [0, 0.05) is 12.6 Å². The number of anilines is 1. The van der Waals surface area contributed by atoms with Crippen LogP contribution in [0.1, 0.15) is 0 Å². The monoisotopic (exact) mass is 208 g/mol. The largest absolute Gasteiger partial charge is 0.497 e. The summed E-state index contributed by atoms with van der Waals surface area (Å²) in [6.45, 7) is 0.464. The van der Waals surface area contributed by atoms with E-state index in [1.807, 2.05) is 12.1 Å². The van der Waals surface area contributed by atoms with Crippen LogP contribution in [0, 0.1) is 0 Å². The number of nitrogens with one attached hydrogen (secondary N) is 1. The SMILES string of the molecule is COc1ccc2nc(NCCO)oc2c1. The lowest BCUT2D eigenvalue weighted by molar-refractivity contribution is 0.310. The number of ether oxygens (including phenoxy) is 1. The maximum Gasteiger partial charge on any atom is 0.295 e. The Labute approximate surface area is 86.7 Å². The van der Waals surface area contributed by atoms with E-state index in [-0.39, 0.29) is 6.61 Å². The normalized spacial score (nSPS) is 10.5. The van der Waals surface area contributed by atoms with Crippen molar-refractivity contribution in [3.05, 3.63) is 18.2 Å². The summed E-state index contributed by atoms with van der Waals surface area (Å²) >= 11 is 0. The Morgan fingerprint density at radius 3 is 3.13 bits per heavy atom. The highest BCUT2D eigenvalue weighted by atomic mass is 16.5. The Hall–Kier alpha value is -1.75. The van der Waals surface area contributed by atoms with E-state index in [1.54, 1.807) is 13.2 Å². The second-order valence-electron chi connectivity index (χ2n) is 3.00. The van der Waals surface area contributed by atoms with Gasteiger partial charge in [-0.2, -0.15) is 4.98 Å². The van der Waals surface area contributed by atoms with E-state index in [9.17, 15) is 0 Å². The van der Waals surface area contributed by atoms with Crippen molar-refractivity contribution >= 4 is 17.1 Å². The van der Waals surface area contributed by atoms with Crippen molar-refractivity contribution < 1.29 is 14.3 Å². The predicted octanol–water partition coefficient (Wildman–Crippen LogP) is 1.24. The van der Waals surface area contributed by atoms with Gasteiger partial charge in [0.15, 0.2) is 5.58 Å². The summed E-state index contributed by atoms with van der Waals surface area (Å²) in [5.74, 6) is 0.729. The van der Waals surface area contributed by atoms with Crippen LogP contribution in [0.4, 0.5) is 6.01 Å². The average molecular weight is 208 g/mol. The second-order valence-corrected chi connectivity index (χ2v) is 3.00. The summed E-state index contributed by atoms with van der Waals surface area (Å²) in [5.41, 5.74) is 1.42. The molecule has 0 aliphatic carbocycles. The number of benzene rings is 1. The lowest BCUT2D eigenvalue weighted by Gasteiger charge is -1.96. The number of oxazole rings is 1. The molecule has 0 aliphatic heterocycles. The Morgan fingerprint density at radius 2 is 2.40 bits per heavy atom. The van der Waals surface area contributed by atoms with Gasteiger partial charge in [0.25, 0.3) is 6.01 Å². The molecule has 1 aromatic heterocycles. The Balaban J connectivity index is 2.29. The number of aliphatic hydroxyl groups excluding tert-OH is 1. The smallest absolute Gasteiger partial charge is 0.295 e. The summed E-state index contributed by atoms with van der Waals surface area (Å²) < 4.78 is 10.5. The fourth-order valence-corrected chi connectivity index (χ4v) is 1.27. The number of aliphatic hydroxyl groups is 1. The minimum atomic E-state index is 0.0437. The van der Waals surface area contributed by atoms with Crippen LogP contribution in [0.5, 0.6) is 5.75 Å². The minimum absolute atomic E-state index is 0.0437. The van der Waals surface area contributed by atoms with Crippen molar-refractivity contribution in [1.29, 1.82) is 0 Å². The fraction of sp³-hybridized carbons (Fsp3) is 0.300. The molecule has 5 nitrogen and oxygen atoms in total. The number of fused-ring (bicyclic) bond motifs is 1. The van der Waals surface area contributed by atoms with Gasteiger partial charge in [0.1, 0.15) is 11.3 Å². The van der Waals surface area contributed by atoms with Crippen LogP contribution >= 0.6 is 0 Å². The third kappa shape index (κ3) is 2.02. The number of rotatable bonds is 4. The van der Waals surface area contributed by atoms with Gasteiger partial charge in [-0.15, -0.1) is 0 Å². The topological polar surface area (TPSA) is 67.5 Å². The molecule has 1 heterocycles. The zero-order valence-electron chi connectivity index (χ0n) is 8.36. The highest BCUT2D eigenvalue weighted by Gasteiger charge is 2.05. The molecule has 0 radical (unpaired) electrons. The molecule has 2 N–H and O–H groups in total. The molecule has 15 heavy (non-hydrogen) atoms. The van der Waals surface area contributed by atoms with Gasteiger partial charge < -0.3 is 19.6 Å². The van der Waals surface area contributed by atoms with E-state index in [0.29, 0.717) is 18.1 Å². The Morgan fingerprint density at radius 1 is 1.53 bits per heavy atom. The van der Waals surface area contributed by atoms with Gasteiger partial charge in [-0.1, -0.05) is 0 Å². The third-order valence-electron chi connectivity index (χ3n) is 1.98. The first-order chi connectivity index (χ1) is 7.33. The average Bonchev–Trinajstić information content (AvgIpc) is 2.67. The van der Waals surface area contributed by atoms with Gasteiger partial charge >= 0.3 is 0 Å². The van der Waals surface area contributed by atoms with Crippen molar-refractivity contribution in [2.45, 2.75) is 0 Å². The zero-order valence-corrected chi connectivity index (χ0v) is 8.36. The number of hydrogen-bond acceptors (Lipinski definition) is 5. The molecule has 2 aromatic rings. The number of hydrogen-bond donors (Lipinski definition) is 2. The molecular formula is C10H12N2O3. The summed E-state index contributed by atoms with van der Waals surface area (Å²) in [6, 6.07) is 5.82. The quantitative estimate of drug-likeness (QED) is 0.791.